The molecule has 2 aromatic carbocycles. The summed E-state index contributed by atoms with van der Waals surface area (Å²) in [7, 11) is 0. The standard InChI is InChI=1S/C16H14ClNO2/c1-11-5-6-15-14(7-11)18(16(19)10-20-15)9-12-3-2-4-13(17)8-12/h2-8H,9-10H2,1H3. The Balaban J connectivity index is 1.97. The quantitative estimate of drug-likeness (QED) is 0.845. The molecule has 1 amide bonds. The van der Waals surface area contributed by atoms with Crippen LogP contribution in [0.2, 0.25) is 5.02 Å². The van der Waals surface area contributed by atoms with E-state index >= 15 is 0 Å². The Hall–Kier alpha value is -2.00. The average molecular weight is 288 g/mol. The summed E-state index contributed by atoms with van der Waals surface area (Å²) in [5.41, 5.74) is 2.92. The van der Waals surface area contributed by atoms with Crippen molar-refractivity contribution in [1.29, 1.82) is 0 Å². The highest BCUT2D eigenvalue weighted by atomic mass is 35.5. The van der Waals surface area contributed by atoms with Crippen LogP contribution in [-0.2, 0) is 11.3 Å². The molecule has 4 heteroatoms. The number of anilines is 1. The van der Waals surface area contributed by atoms with Crippen molar-refractivity contribution in [3.8, 4) is 5.75 Å². The van der Waals surface area contributed by atoms with Crippen LogP contribution in [0.3, 0.4) is 0 Å². The fraction of sp³-hybridized carbons (Fsp3) is 0.188. The highest BCUT2D eigenvalue weighted by Crippen LogP contribution is 2.33. The third-order valence-electron chi connectivity index (χ3n) is 3.29. The Morgan fingerprint density at radius 3 is 2.90 bits per heavy atom. The van der Waals surface area contributed by atoms with Gasteiger partial charge in [0.2, 0.25) is 0 Å². The molecule has 0 radical (unpaired) electrons. The van der Waals surface area contributed by atoms with Crippen molar-refractivity contribution in [2.75, 3.05) is 11.5 Å². The minimum absolute atomic E-state index is 0.0388. The van der Waals surface area contributed by atoms with Crippen molar-refractivity contribution in [3.05, 3.63) is 58.6 Å². The molecule has 3 nitrogen and oxygen atoms in total. The molecule has 1 heterocycles. The van der Waals surface area contributed by atoms with E-state index in [0.29, 0.717) is 11.6 Å². The molecule has 0 bridgehead atoms. The Kier molecular flexibility index (Phi) is 3.36. The van der Waals surface area contributed by atoms with Gasteiger partial charge in [-0.3, -0.25) is 4.79 Å². The van der Waals surface area contributed by atoms with Gasteiger partial charge in [0, 0.05) is 5.02 Å². The average Bonchev–Trinajstić information content (AvgIpc) is 2.42. The summed E-state index contributed by atoms with van der Waals surface area (Å²) in [4.78, 5) is 13.9. The van der Waals surface area contributed by atoms with Gasteiger partial charge in [-0.25, -0.2) is 0 Å². The van der Waals surface area contributed by atoms with Gasteiger partial charge in [0.15, 0.2) is 6.61 Å². The first kappa shape index (κ1) is 13.0. The monoisotopic (exact) mass is 287 g/mol. The Labute approximate surface area is 122 Å². The minimum Gasteiger partial charge on any atom is -0.482 e. The van der Waals surface area contributed by atoms with E-state index in [0.717, 1.165) is 22.6 Å². The molecule has 0 aliphatic carbocycles. The summed E-state index contributed by atoms with van der Waals surface area (Å²) in [6.45, 7) is 2.58. The minimum atomic E-state index is -0.0388. The molecular weight excluding hydrogens is 274 g/mol. The summed E-state index contributed by atoms with van der Waals surface area (Å²) < 4.78 is 5.47. The normalized spacial score (nSPS) is 13.9. The van der Waals surface area contributed by atoms with Crippen LogP contribution in [-0.4, -0.2) is 12.5 Å². The van der Waals surface area contributed by atoms with Crippen molar-refractivity contribution < 1.29 is 9.53 Å². The molecule has 0 atom stereocenters. The van der Waals surface area contributed by atoms with Crippen molar-refractivity contribution >= 4 is 23.2 Å². The Morgan fingerprint density at radius 1 is 1.25 bits per heavy atom. The van der Waals surface area contributed by atoms with Crippen molar-refractivity contribution in [1.82, 2.24) is 0 Å². The topological polar surface area (TPSA) is 29.5 Å². The van der Waals surface area contributed by atoms with Crippen LogP contribution in [0.1, 0.15) is 11.1 Å². The Morgan fingerprint density at radius 2 is 2.10 bits per heavy atom. The summed E-state index contributed by atoms with van der Waals surface area (Å²) in [5, 5.41) is 0.674. The molecule has 0 fully saturated rings. The number of ether oxygens (including phenoxy) is 1. The van der Waals surface area contributed by atoms with Gasteiger partial charge in [-0.2, -0.15) is 0 Å². The number of carbonyl (C=O) groups excluding carboxylic acids is 1. The summed E-state index contributed by atoms with van der Waals surface area (Å²) >= 11 is 6.00. The van der Waals surface area contributed by atoms with E-state index in [1.165, 1.54) is 0 Å². The van der Waals surface area contributed by atoms with Crippen molar-refractivity contribution in [3.63, 3.8) is 0 Å². The molecule has 0 saturated carbocycles. The molecule has 0 unspecified atom stereocenters. The molecule has 1 aliphatic rings. The number of hydrogen-bond acceptors (Lipinski definition) is 2. The number of rotatable bonds is 2. The van der Waals surface area contributed by atoms with Crippen LogP contribution in [0, 0.1) is 6.92 Å². The van der Waals surface area contributed by atoms with Crippen LogP contribution in [0.4, 0.5) is 5.69 Å². The highest BCUT2D eigenvalue weighted by Gasteiger charge is 2.25. The highest BCUT2D eigenvalue weighted by molar-refractivity contribution is 6.30. The third-order valence-corrected chi connectivity index (χ3v) is 3.52. The number of benzene rings is 2. The first-order chi connectivity index (χ1) is 9.63. The molecule has 0 saturated heterocycles. The lowest BCUT2D eigenvalue weighted by Gasteiger charge is -2.29. The van der Waals surface area contributed by atoms with Crippen LogP contribution < -0.4 is 9.64 Å². The fourth-order valence-corrected chi connectivity index (χ4v) is 2.52. The van der Waals surface area contributed by atoms with Gasteiger partial charge < -0.3 is 9.64 Å². The van der Waals surface area contributed by atoms with E-state index in [-0.39, 0.29) is 12.5 Å². The summed E-state index contributed by atoms with van der Waals surface area (Å²) in [6, 6.07) is 13.4. The zero-order valence-corrected chi connectivity index (χ0v) is 11.9. The van der Waals surface area contributed by atoms with E-state index in [2.05, 4.69) is 0 Å². The fourth-order valence-electron chi connectivity index (χ4n) is 2.30. The van der Waals surface area contributed by atoms with Gasteiger partial charge in [0.25, 0.3) is 5.91 Å². The maximum absolute atomic E-state index is 12.1. The number of hydrogen-bond donors (Lipinski definition) is 0. The lowest BCUT2D eigenvalue weighted by Crippen LogP contribution is -2.38. The van der Waals surface area contributed by atoms with E-state index in [1.54, 1.807) is 4.90 Å². The summed E-state index contributed by atoms with van der Waals surface area (Å²) in [6.07, 6.45) is 0. The van der Waals surface area contributed by atoms with Crippen LogP contribution in [0.15, 0.2) is 42.5 Å². The molecular formula is C16H14ClNO2. The molecule has 3 rings (SSSR count). The number of aryl methyl sites for hydroxylation is 1. The van der Waals surface area contributed by atoms with Gasteiger partial charge in [-0.1, -0.05) is 29.8 Å². The zero-order chi connectivity index (χ0) is 14.1. The van der Waals surface area contributed by atoms with E-state index in [1.807, 2.05) is 49.4 Å². The first-order valence-electron chi connectivity index (χ1n) is 6.42. The third kappa shape index (κ3) is 2.49. The lowest BCUT2D eigenvalue weighted by molar-refractivity contribution is -0.121. The van der Waals surface area contributed by atoms with Crippen LogP contribution >= 0.6 is 11.6 Å². The van der Waals surface area contributed by atoms with Gasteiger partial charge in [-0.05, 0) is 42.3 Å². The zero-order valence-electron chi connectivity index (χ0n) is 11.1. The molecule has 2 aromatic rings. The predicted molar refractivity (Wildman–Crippen MR) is 79.3 cm³/mol. The molecule has 0 aromatic heterocycles. The largest absolute Gasteiger partial charge is 0.482 e. The second kappa shape index (κ2) is 5.17. The predicted octanol–water partition coefficient (Wildman–Crippen LogP) is 3.57. The number of nitrogens with zero attached hydrogens (tertiary/aromatic N) is 1. The molecule has 0 spiro atoms. The van der Waals surface area contributed by atoms with Gasteiger partial charge in [0.05, 0.1) is 12.2 Å². The van der Waals surface area contributed by atoms with Crippen LogP contribution in [0.25, 0.3) is 0 Å². The molecule has 0 N–H and O–H groups in total. The van der Waals surface area contributed by atoms with E-state index < -0.39 is 0 Å². The smallest absolute Gasteiger partial charge is 0.265 e. The van der Waals surface area contributed by atoms with Crippen molar-refractivity contribution in [2.24, 2.45) is 0 Å². The maximum atomic E-state index is 12.1. The van der Waals surface area contributed by atoms with Crippen molar-refractivity contribution in [2.45, 2.75) is 13.5 Å². The first-order valence-corrected chi connectivity index (χ1v) is 6.79. The lowest BCUT2D eigenvalue weighted by atomic mass is 10.1. The number of fused-ring (bicyclic) bond motifs is 1. The van der Waals surface area contributed by atoms with Gasteiger partial charge in [0.1, 0.15) is 5.75 Å². The number of amides is 1. The van der Waals surface area contributed by atoms with E-state index in [9.17, 15) is 4.79 Å². The molecule has 20 heavy (non-hydrogen) atoms. The van der Waals surface area contributed by atoms with E-state index in [4.69, 9.17) is 16.3 Å². The SMILES string of the molecule is Cc1ccc2c(c1)N(Cc1cccc(Cl)c1)C(=O)CO2. The maximum Gasteiger partial charge on any atom is 0.265 e. The number of halogens is 1. The van der Waals surface area contributed by atoms with Gasteiger partial charge in [-0.15, -0.1) is 0 Å². The molecule has 1 aliphatic heterocycles. The second-order valence-corrected chi connectivity index (χ2v) is 5.31. The second-order valence-electron chi connectivity index (χ2n) is 4.87. The van der Waals surface area contributed by atoms with Gasteiger partial charge >= 0.3 is 0 Å². The summed E-state index contributed by atoms with van der Waals surface area (Å²) in [5.74, 6) is 0.709. The Bertz CT molecular complexity index is 669. The molecule has 102 valence electrons. The van der Waals surface area contributed by atoms with Crippen LogP contribution in [0.5, 0.6) is 5.75 Å². The number of carbonyl (C=O) groups is 1.